The Morgan fingerprint density at radius 1 is 0.880 bits per heavy atom. The van der Waals surface area contributed by atoms with Crippen LogP contribution in [-0.4, -0.2) is 16.6 Å². The minimum absolute atomic E-state index is 0.600. The molecule has 0 unspecified atom stereocenters. The van der Waals surface area contributed by atoms with Crippen LogP contribution in [0.4, 0.5) is 0 Å². The van der Waals surface area contributed by atoms with Crippen LogP contribution >= 0.6 is 12.2 Å². The molecule has 0 aliphatic carbocycles. The van der Waals surface area contributed by atoms with E-state index in [0.717, 1.165) is 30.4 Å². The zero-order valence-electron chi connectivity index (χ0n) is 14.1. The summed E-state index contributed by atoms with van der Waals surface area (Å²) in [7, 11) is 0. The van der Waals surface area contributed by atoms with Gasteiger partial charge in [0, 0.05) is 13.1 Å². The predicted molar refractivity (Wildman–Crippen MR) is 105 cm³/mol. The van der Waals surface area contributed by atoms with Gasteiger partial charge in [-0.3, -0.25) is 0 Å². The molecule has 0 atom stereocenters. The fourth-order valence-electron chi connectivity index (χ4n) is 2.65. The van der Waals surface area contributed by atoms with Crippen LogP contribution in [0.3, 0.4) is 0 Å². The van der Waals surface area contributed by atoms with E-state index in [9.17, 15) is 0 Å². The lowest BCUT2D eigenvalue weighted by Gasteiger charge is -2.26. The summed E-state index contributed by atoms with van der Waals surface area (Å²) >= 11 is 5.64. The summed E-state index contributed by atoms with van der Waals surface area (Å²) in [5.41, 5.74) is 2.56. The molecule has 1 aromatic heterocycles. The molecule has 25 heavy (non-hydrogen) atoms. The van der Waals surface area contributed by atoms with E-state index in [-0.39, 0.29) is 0 Å². The second-order valence-electron chi connectivity index (χ2n) is 5.88. The number of thiocarbonyl (C=S) groups is 1. The first-order chi connectivity index (χ1) is 12.3. The molecule has 0 amide bonds. The third kappa shape index (κ3) is 5.47. The zero-order chi connectivity index (χ0) is 17.3. The number of hydrogen-bond acceptors (Lipinski definition) is 2. The van der Waals surface area contributed by atoms with Gasteiger partial charge >= 0.3 is 0 Å². The van der Waals surface area contributed by atoms with Gasteiger partial charge in [0.05, 0.1) is 12.8 Å². The Morgan fingerprint density at radius 3 is 2.20 bits per heavy atom. The largest absolute Gasteiger partial charge is 0.467 e. The minimum Gasteiger partial charge on any atom is -0.467 e. The highest BCUT2D eigenvalue weighted by atomic mass is 32.1. The molecule has 4 heteroatoms. The van der Waals surface area contributed by atoms with E-state index in [1.54, 1.807) is 6.26 Å². The zero-order valence-corrected chi connectivity index (χ0v) is 14.9. The van der Waals surface area contributed by atoms with Gasteiger partial charge in [0.25, 0.3) is 0 Å². The summed E-state index contributed by atoms with van der Waals surface area (Å²) in [5, 5.41) is 4.05. The van der Waals surface area contributed by atoms with E-state index in [2.05, 4.69) is 58.7 Å². The monoisotopic (exact) mass is 350 g/mol. The first kappa shape index (κ1) is 17.2. The van der Waals surface area contributed by atoms with E-state index >= 15 is 0 Å². The summed E-state index contributed by atoms with van der Waals surface area (Å²) in [4.78, 5) is 2.21. The fourth-order valence-corrected chi connectivity index (χ4v) is 2.88. The molecular formula is C21H22N2OS. The molecular weight excluding hydrogens is 328 g/mol. The fraction of sp³-hybridized carbons (Fsp3) is 0.190. The maximum atomic E-state index is 5.64. The predicted octanol–water partition coefficient (Wildman–Crippen LogP) is 4.40. The molecule has 2 aromatic carbocycles. The van der Waals surface area contributed by atoms with E-state index in [1.165, 1.54) is 11.1 Å². The quantitative estimate of drug-likeness (QED) is 0.640. The molecule has 0 aliphatic rings. The second kappa shape index (κ2) is 9.04. The Balaban J connectivity index is 1.63. The summed E-state index contributed by atoms with van der Waals surface area (Å²) < 4.78 is 5.37. The normalized spacial score (nSPS) is 10.4. The molecule has 0 saturated heterocycles. The molecule has 1 N–H and O–H groups in total. The van der Waals surface area contributed by atoms with Crippen LogP contribution in [0.1, 0.15) is 16.9 Å². The third-order valence-corrected chi connectivity index (χ3v) is 4.41. The Labute approximate surface area is 154 Å². The Kier molecular flexibility index (Phi) is 6.23. The Hall–Kier alpha value is -2.59. The number of hydrogen-bond donors (Lipinski definition) is 1. The number of nitrogens with zero attached hydrogens (tertiary/aromatic N) is 1. The summed E-state index contributed by atoms with van der Waals surface area (Å²) in [6.45, 7) is 2.25. The van der Waals surface area contributed by atoms with E-state index < -0.39 is 0 Å². The smallest absolute Gasteiger partial charge is 0.169 e. The standard InChI is InChI=1S/C21H22N2OS/c25-21(22-16-20-12-7-15-24-20)23(17-19-10-5-2-6-11-19)14-13-18-8-3-1-4-9-18/h1-12,15H,13-14,16-17H2,(H,22,25). The van der Waals surface area contributed by atoms with Gasteiger partial charge in [-0.25, -0.2) is 0 Å². The van der Waals surface area contributed by atoms with Crippen LogP contribution in [0.25, 0.3) is 0 Å². The molecule has 0 radical (unpaired) electrons. The molecule has 1 heterocycles. The highest BCUT2D eigenvalue weighted by Gasteiger charge is 2.11. The van der Waals surface area contributed by atoms with Crippen molar-refractivity contribution in [3.63, 3.8) is 0 Å². The average Bonchev–Trinajstić information content (AvgIpc) is 3.18. The molecule has 128 valence electrons. The summed E-state index contributed by atoms with van der Waals surface area (Å²) in [6.07, 6.45) is 2.63. The first-order valence-electron chi connectivity index (χ1n) is 8.44. The van der Waals surface area contributed by atoms with Gasteiger partial charge < -0.3 is 14.6 Å². The van der Waals surface area contributed by atoms with Crippen LogP contribution in [0.2, 0.25) is 0 Å². The van der Waals surface area contributed by atoms with Gasteiger partial charge in [-0.15, -0.1) is 0 Å². The molecule has 0 spiro atoms. The minimum atomic E-state index is 0.600. The topological polar surface area (TPSA) is 28.4 Å². The first-order valence-corrected chi connectivity index (χ1v) is 8.85. The van der Waals surface area contributed by atoms with Gasteiger partial charge in [-0.1, -0.05) is 60.7 Å². The number of benzene rings is 2. The van der Waals surface area contributed by atoms with Gasteiger partial charge in [0.1, 0.15) is 5.76 Å². The highest BCUT2D eigenvalue weighted by Crippen LogP contribution is 2.08. The highest BCUT2D eigenvalue weighted by molar-refractivity contribution is 7.80. The second-order valence-corrected chi connectivity index (χ2v) is 6.27. The van der Waals surface area contributed by atoms with Crippen molar-refractivity contribution in [1.29, 1.82) is 0 Å². The van der Waals surface area contributed by atoms with Crippen molar-refractivity contribution in [2.75, 3.05) is 6.54 Å². The van der Waals surface area contributed by atoms with Crippen molar-refractivity contribution in [3.8, 4) is 0 Å². The van der Waals surface area contributed by atoms with E-state index in [0.29, 0.717) is 6.54 Å². The number of rotatable bonds is 7. The van der Waals surface area contributed by atoms with Crippen LogP contribution in [0, 0.1) is 0 Å². The third-order valence-electron chi connectivity index (χ3n) is 4.01. The van der Waals surface area contributed by atoms with Crippen LogP contribution in [-0.2, 0) is 19.5 Å². The average molecular weight is 350 g/mol. The van der Waals surface area contributed by atoms with Crippen molar-refractivity contribution < 1.29 is 4.42 Å². The van der Waals surface area contributed by atoms with Gasteiger partial charge in [-0.05, 0) is 41.9 Å². The lowest BCUT2D eigenvalue weighted by molar-refractivity contribution is 0.404. The van der Waals surface area contributed by atoms with Crippen LogP contribution in [0.5, 0.6) is 0 Å². The molecule has 0 saturated carbocycles. The number of nitrogens with one attached hydrogen (secondary N) is 1. The summed E-state index contributed by atoms with van der Waals surface area (Å²) in [6, 6.07) is 24.7. The van der Waals surface area contributed by atoms with E-state index in [1.807, 2.05) is 24.3 Å². The molecule has 3 nitrogen and oxygen atoms in total. The maximum absolute atomic E-state index is 5.64. The lowest BCUT2D eigenvalue weighted by atomic mass is 10.1. The van der Waals surface area contributed by atoms with Gasteiger partial charge in [0.2, 0.25) is 0 Å². The van der Waals surface area contributed by atoms with Gasteiger partial charge in [0.15, 0.2) is 5.11 Å². The Morgan fingerprint density at radius 2 is 1.56 bits per heavy atom. The lowest BCUT2D eigenvalue weighted by Crippen LogP contribution is -2.40. The molecule has 0 aliphatic heterocycles. The Bertz CT molecular complexity index is 757. The molecule has 0 fully saturated rings. The van der Waals surface area contributed by atoms with Gasteiger partial charge in [-0.2, -0.15) is 0 Å². The van der Waals surface area contributed by atoms with Crippen molar-refractivity contribution in [2.24, 2.45) is 0 Å². The van der Waals surface area contributed by atoms with Crippen LogP contribution in [0.15, 0.2) is 83.5 Å². The van der Waals surface area contributed by atoms with Crippen molar-refractivity contribution in [3.05, 3.63) is 95.9 Å². The SMILES string of the molecule is S=C(NCc1ccco1)N(CCc1ccccc1)Cc1ccccc1. The molecule has 3 aromatic rings. The van der Waals surface area contributed by atoms with Crippen molar-refractivity contribution >= 4 is 17.3 Å². The maximum Gasteiger partial charge on any atom is 0.169 e. The molecule has 3 rings (SSSR count). The number of furan rings is 1. The van der Waals surface area contributed by atoms with E-state index in [4.69, 9.17) is 16.6 Å². The van der Waals surface area contributed by atoms with Crippen LogP contribution < -0.4 is 5.32 Å². The van der Waals surface area contributed by atoms with Crippen molar-refractivity contribution in [1.82, 2.24) is 10.2 Å². The summed E-state index contributed by atoms with van der Waals surface area (Å²) in [5.74, 6) is 0.880. The molecule has 0 bridgehead atoms. The van der Waals surface area contributed by atoms with Crippen molar-refractivity contribution in [2.45, 2.75) is 19.5 Å².